The molecule has 0 radical (unpaired) electrons. The number of nitrogens with one attached hydrogen (secondary N) is 1. The number of carbonyl (C=O) groups is 1. The summed E-state index contributed by atoms with van der Waals surface area (Å²) >= 11 is 0. The first-order valence-electron chi connectivity index (χ1n) is 10.5. The van der Waals surface area contributed by atoms with E-state index in [0.717, 1.165) is 36.1 Å². The molecule has 0 atom stereocenters. The van der Waals surface area contributed by atoms with Gasteiger partial charge in [-0.15, -0.1) is 0 Å². The summed E-state index contributed by atoms with van der Waals surface area (Å²) in [7, 11) is -3.47. The lowest BCUT2D eigenvalue weighted by atomic mass is 9.98. The Morgan fingerprint density at radius 3 is 2.45 bits per heavy atom. The van der Waals surface area contributed by atoms with Gasteiger partial charge in [-0.3, -0.25) is 4.79 Å². The number of amides is 1. The molecule has 0 saturated heterocycles. The highest BCUT2D eigenvalue weighted by Crippen LogP contribution is 2.37. The summed E-state index contributed by atoms with van der Waals surface area (Å²) in [4.78, 5) is 17.0. The van der Waals surface area contributed by atoms with Crippen molar-refractivity contribution in [3.05, 3.63) is 78.4 Å². The van der Waals surface area contributed by atoms with Crippen LogP contribution in [0.1, 0.15) is 36.8 Å². The number of rotatable bonds is 7. The average molecular weight is 438 g/mol. The number of hydrogen-bond acceptors (Lipinski definition) is 4. The van der Waals surface area contributed by atoms with Crippen molar-refractivity contribution in [2.24, 2.45) is 0 Å². The van der Waals surface area contributed by atoms with Crippen LogP contribution in [-0.4, -0.2) is 34.9 Å². The van der Waals surface area contributed by atoms with E-state index in [1.165, 1.54) is 11.8 Å². The van der Waals surface area contributed by atoms with E-state index in [4.69, 9.17) is 0 Å². The van der Waals surface area contributed by atoms with Gasteiger partial charge in [-0.05, 0) is 35.1 Å². The Morgan fingerprint density at radius 1 is 1.10 bits per heavy atom. The fourth-order valence-electron chi connectivity index (χ4n) is 4.39. The molecule has 1 fully saturated rings. The highest BCUT2D eigenvalue weighted by Gasteiger charge is 2.49. The highest BCUT2D eigenvalue weighted by molar-refractivity contribution is 7.92. The largest absolute Gasteiger partial charge is 0.351 e. The molecule has 4 rings (SSSR count). The van der Waals surface area contributed by atoms with Crippen molar-refractivity contribution in [2.45, 2.75) is 43.5 Å². The Hall–Kier alpha value is -2.93. The Labute approximate surface area is 183 Å². The Morgan fingerprint density at radius 2 is 1.81 bits per heavy atom. The number of benzene rings is 2. The van der Waals surface area contributed by atoms with E-state index < -0.39 is 14.6 Å². The summed E-state index contributed by atoms with van der Waals surface area (Å²) in [5.74, 6) is -0.377. The van der Waals surface area contributed by atoms with Gasteiger partial charge in [0.15, 0.2) is 9.84 Å². The molecule has 7 heteroatoms. The number of aromatic nitrogens is 2. The standard InChI is InChI=1S/C24H27N3O3S/c1-31(29,30)24(12-4-5-13-24)23(28)26-16-21-6-2-3-7-22(21)20-10-8-19(9-11-20)17-27-15-14-25-18-27/h2-3,6-11,14-15,18H,4-5,12-13,16-17H2,1H3,(H,26,28). The molecular formula is C24H27N3O3S. The lowest BCUT2D eigenvalue weighted by molar-refractivity contribution is -0.123. The van der Waals surface area contributed by atoms with Gasteiger partial charge in [0.05, 0.1) is 6.33 Å². The highest BCUT2D eigenvalue weighted by atomic mass is 32.2. The zero-order valence-corrected chi connectivity index (χ0v) is 18.4. The van der Waals surface area contributed by atoms with Gasteiger partial charge >= 0.3 is 0 Å². The zero-order valence-electron chi connectivity index (χ0n) is 17.6. The predicted molar refractivity (Wildman–Crippen MR) is 121 cm³/mol. The Bertz CT molecular complexity index is 1150. The molecule has 6 nitrogen and oxygen atoms in total. The molecule has 3 aromatic rings. The Kier molecular flexibility index (Phi) is 5.96. The molecule has 0 unspecified atom stereocenters. The van der Waals surface area contributed by atoms with Gasteiger partial charge in [0.2, 0.25) is 5.91 Å². The fourth-order valence-corrected chi connectivity index (χ4v) is 5.83. The van der Waals surface area contributed by atoms with Crippen molar-refractivity contribution in [3.8, 4) is 11.1 Å². The van der Waals surface area contributed by atoms with E-state index in [2.05, 4.69) is 34.6 Å². The molecule has 31 heavy (non-hydrogen) atoms. The molecule has 0 aliphatic heterocycles. The molecule has 0 spiro atoms. The summed E-state index contributed by atoms with van der Waals surface area (Å²) in [5, 5.41) is 2.91. The zero-order chi connectivity index (χ0) is 21.9. The molecule has 2 aromatic carbocycles. The van der Waals surface area contributed by atoms with Crippen LogP contribution in [0.4, 0.5) is 0 Å². The van der Waals surface area contributed by atoms with Crippen LogP contribution >= 0.6 is 0 Å². The molecule has 1 aromatic heterocycles. The quantitative estimate of drug-likeness (QED) is 0.613. The smallest absolute Gasteiger partial charge is 0.241 e. The minimum Gasteiger partial charge on any atom is -0.351 e. The molecule has 1 heterocycles. The lowest BCUT2D eigenvalue weighted by Gasteiger charge is -2.25. The summed E-state index contributed by atoms with van der Waals surface area (Å²) in [6.45, 7) is 1.05. The van der Waals surface area contributed by atoms with E-state index in [-0.39, 0.29) is 5.91 Å². The molecule has 162 valence electrons. The minimum atomic E-state index is -3.47. The van der Waals surface area contributed by atoms with E-state index in [9.17, 15) is 13.2 Å². The van der Waals surface area contributed by atoms with E-state index in [1.54, 1.807) is 12.5 Å². The van der Waals surface area contributed by atoms with Crippen molar-refractivity contribution in [3.63, 3.8) is 0 Å². The van der Waals surface area contributed by atoms with E-state index in [1.807, 2.05) is 35.0 Å². The molecule has 1 aliphatic carbocycles. The molecular weight excluding hydrogens is 410 g/mol. The van der Waals surface area contributed by atoms with Crippen LogP contribution in [0.3, 0.4) is 0 Å². The molecule has 1 saturated carbocycles. The van der Waals surface area contributed by atoms with Crippen molar-refractivity contribution in [1.82, 2.24) is 14.9 Å². The summed E-state index contributed by atoms with van der Waals surface area (Å²) in [6, 6.07) is 16.2. The van der Waals surface area contributed by atoms with Gasteiger partial charge in [0, 0.05) is 31.7 Å². The fraction of sp³-hybridized carbons (Fsp3) is 0.333. The SMILES string of the molecule is CS(=O)(=O)C1(C(=O)NCc2ccccc2-c2ccc(Cn3ccnc3)cc2)CCCC1. The predicted octanol–water partition coefficient (Wildman–Crippen LogP) is 3.57. The van der Waals surface area contributed by atoms with Crippen LogP contribution in [0, 0.1) is 0 Å². The van der Waals surface area contributed by atoms with Crippen LogP contribution in [-0.2, 0) is 27.7 Å². The van der Waals surface area contributed by atoms with Gasteiger partial charge < -0.3 is 9.88 Å². The molecule has 1 N–H and O–H groups in total. The second-order valence-corrected chi connectivity index (χ2v) is 10.6. The second-order valence-electron chi connectivity index (χ2n) is 8.25. The van der Waals surface area contributed by atoms with Crippen LogP contribution in [0.5, 0.6) is 0 Å². The maximum atomic E-state index is 12.9. The van der Waals surface area contributed by atoms with Crippen molar-refractivity contribution >= 4 is 15.7 Å². The first-order chi connectivity index (χ1) is 14.9. The third-order valence-electron chi connectivity index (χ3n) is 6.18. The normalized spacial score (nSPS) is 15.6. The van der Waals surface area contributed by atoms with Gasteiger partial charge in [0.1, 0.15) is 4.75 Å². The summed E-state index contributed by atoms with van der Waals surface area (Å²) in [6.07, 6.45) is 9.00. The third kappa shape index (κ3) is 4.42. The van der Waals surface area contributed by atoms with Crippen molar-refractivity contribution in [2.75, 3.05) is 6.26 Å². The molecule has 0 bridgehead atoms. The number of carbonyl (C=O) groups excluding carboxylic acids is 1. The van der Waals surface area contributed by atoms with Crippen molar-refractivity contribution in [1.29, 1.82) is 0 Å². The van der Waals surface area contributed by atoms with Gasteiger partial charge in [0.25, 0.3) is 0 Å². The maximum Gasteiger partial charge on any atom is 0.241 e. The maximum absolute atomic E-state index is 12.9. The van der Waals surface area contributed by atoms with Crippen LogP contribution in [0.25, 0.3) is 11.1 Å². The molecule has 1 amide bonds. The van der Waals surface area contributed by atoms with Gasteiger partial charge in [-0.25, -0.2) is 13.4 Å². The van der Waals surface area contributed by atoms with Crippen molar-refractivity contribution < 1.29 is 13.2 Å². The van der Waals surface area contributed by atoms with E-state index in [0.29, 0.717) is 19.4 Å². The first-order valence-corrected chi connectivity index (χ1v) is 12.4. The third-order valence-corrected chi connectivity index (χ3v) is 8.19. The lowest BCUT2D eigenvalue weighted by Crippen LogP contribution is -2.50. The summed E-state index contributed by atoms with van der Waals surface area (Å²) < 4.78 is 25.5. The van der Waals surface area contributed by atoms with Gasteiger partial charge in [-0.1, -0.05) is 61.4 Å². The number of sulfone groups is 1. The molecule has 1 aliphatic rings. The monoisotopic (exact) mass is 437 g/mol. The summed E-state index contributed by atoms with van der Waals surface area (Å²) in [5.41, 5.74) is 4.21. The van der Waals surface area contributed by atoms with E-state index >= 15 is 0 Å². The topological polar surface area (TPSA) is 81.1 Å². The number of hydrogen-bond donors (Lipinski definition) is 1. The first kappa shape index (κ1) is 21.3. The van der Waals surface area contributed by atoms with Crippen LogP contribution in [0.2, 0.25) is 0 Å². The average Bonchev–Trinajstić information content (AvgIpc) is 3.45. The minimum absolute atomic E-state index is 0.295. The van der Waals surface area contributed by atoms with Crippen LogP contribution in [0.15, 0.2) is 67.3 Å². The Balaban J connectivity index is 1.51. The number of imidazole rings is 1. The van der Waals surface area contributed by atoms with Gasteiger partial charge in [-0.2, -0.15) is 0 Å². The number of nitrogens with zero attached hydrogens (tertiary/aromatic N) is 2. The van der Waals surface area contributed by atoms with Crippen LogP contribution < -0.4 is 5.32 Å². The second kappa shape index (κ2) is 8.67.